The number of nitrogens with two attached hydrogens (primary N) is 1. The number of aliphatic hydroxyl groups is 3. The number of carbonyl (C=O) groups is 11. The van der Waals surface area contributed by atoms with Gasteiger partial charge in [-0.2, -0.15) is 11.8 Å². The summed E-state index contributed by atoms with van der Waals surface area (Å²) in [5, 5.41) is 44.2. The number of ether oxygens (including phenoxy) is 1. The Bertz CT molecular complexity index is 2600. The maximum Gasteiger partial charge on any atom is 0.243 e. The molecule has 12 unspecified atom stereocenters. The first-order valence-electron chi connectivity index (χ1n) is 26.8. The molecule has 1 aromatic carbocycles. The van der Waals surface area contributed by atoms with Crippen LogP contribution in [-0.4, -0.2) is 187 Å². The summed E-state index contributed by atoms with van der Waals surface area (Å²) < 4.78 is 21.3. The number of fused-ring (bicyclic) bond motifs is 5. The summed E-state index contributed by atoms with van der Waals surface area (Å²) in [7, 11) is -2.23. The lowest BCUT2D eigenvalue weighted by atomic mass is 9.85. The molecule has 2 saturated heterocycles. The minimum atomic E-state index is -2.23. The Balaban J connectivity index is 1.40. The van der Waals surface area contributed by atoms with E-state index in [1.54, 1.807) is 38.3 Å². The van der Waals surface area contributed by atoms with E-state index in [9.17, 15) is 68.1 Å². The average molecular weight is 1140 g/mol. The molecular weight excluding hydrogens is 1070 g/mol. The van der Waals surface area contributed by atoms with E-state index < -0.39 is 175 Å². The number of primary amides is 1. The first-order valence-corrected chi connectivity index (χ1v) is 29.4. The molecule has 0 saturated carbocycles. The van der Waals surface area contributed by atoms with Gasteiger partial charge in [0.05, 0.1) is 78.3 Å². The number of unbranched alkanes of at least 4 members (excludes halogenated alkanes) is 3. The van der Waals surface area contributed by atoms with Crippen molar-refractivity contribution < 1.29 is 77.0 Å². The van der Waals surface area contributed by atoms with Crippen molar-refractivity contribution in [3.05, 3.63) is 34.2 Å². The van der Waals surface area contributed by atoms with Crippen molar-refractivity contribution in [2.24, 2.45) is 29.4 Å². The molecule has 26 heteroatoms. The van der Waals surface area contributed by atoms with E-state index >= 15 is 4.21 Å². The maximum absolute atomic E-state index is 15.1. The lowest BCUT2D eigenvalue weighted by molar-refractivity contribution is -0.145. The smallest absolute Gasteiger partial charge is 0.243 e. The zero-order valence-electron chi connectivity index (χ0n) is 45.0. The SMILES string of the molecule is CCC(C)C1NC(=O)CNC(=O)C2CC(=O)C(C(C)C(O)CO)NC(=O)C3CC(O)CN3C(=O)C(CC(N)=O)CC(=O)C(CS(=O)C3=C(C2)c2ccc(OCCCCCCN4C(=O)CC(SC)C4=O)cc2C3)NC(=O)CNC1=O. The van der Waals surface area contributed by atoms with Crippen LogP contribution in [0.25, 0.3) is 5.57 Å². The summed E-state index contributed by atoms with van der Waals surface area (Å²) in [6.07, 6.45) is -0.806. The average Bonchev–Trinajstić information content (AvgIpc) is 4.15. The molecule has 1 aliphatic carbocycles. The monoisotopic (exact) mass is 1140 g/mol. The molecule has 12 atom stereocenters. The highest BCUT2D eigenvalue weighted by molar-refractivity contribution is 8.00. The fraction of sp³-hybridized carbons (Fsp3) is 0.642. The highest BCUT2D eigenvalue weighted by Crippen LogP contribution is 2.41. The quantitative estimate of drug-likeness (QED) is 0.0655. The van der Waals surface area contributed by atoms with Gasteiger partial charge in [-0.1, -0.05) is 46.1 Å². The summed E-state index contributed by atoms with van der Waals surface area (Å²) >= 11 is 1.36. The Morgan fingerprint density at radius 2 is 1.56 bits per heavy atom. The van der Waals surface area contributed by atoms with Gasteiger partial charge in [0.1, 0.15) is 17.8 Å². The number of rotatable bonds is 16. The van der Waals surface area contributed by atoms with E-state index in [1.165, 1.54) is 23.6 Å². The van der Waals surface area contributed by atoms with Crippen LogP contribution in [0.3, 0.4) is 0 Å². The summed E-state index contributed by atoms with van der Waals surface area (Å²) in [5.41, 5.74) is 6.98. The van der Waals surface area contributed by atoms with Crippen LogP contribution in [-0.2, 0) is 70.0 Å². The van der Waals surface area contributed by atoms with Gasteiger partial charge in [0.15, 0.2) is 11.6 Å². The molecule has 6 rings (SSSR count). The number of imide groups is 1. The number of allylic oxidation sites excluding steroid dienone is 2. The zero-order valence-corrected chi connectivity index (χ0v) is 46.6. The Labute approximate surface area is 464 Å². The number of nitrogens with zero attached hydrogens (tertiary/aromatic N) is 2. The van der Waals surface area contributed by atoms with Crippen molar-refractivity contribution in [3.8, 4) is 5.75 Å². The Morgan fingerprint density at radius 1 is 0.861 bits per heavy atom. The van der Waals surface area contributed by atoms with Gasteiger partial charge < -0.3 is 57.3 Å². The van der Waals surface area contributed by atoms with Crippen molar-refractivity contribution in [1.82, 2.24) is 36.4 Å². The third kappa shape index (κ3) is 15.8. The Morgan fingerprint density at radius 3 is 2.23 bits per heavy atom. The molecule has 2 fully saturated rings. The van der Waals surface area contributed by atoms with E-state index in [0.29, 0.717) is 48.3 Å². The van der Waals surface area contributed by atoms with Gasteiger partial charge in [-0.05, 0) is 60.3 Å². The van der Waals surface area contributed by atoms with E-state index in [2.05, 4.69) is 26.6 Å². The molecule has 24 nitrogen and oxygen atoms in total. The number of benzene rings is 1. The summed E-state index contributed by atoms with van der Waals surface area (Å²) in [6, 6.07) is -0.984. The number of carbonyl (C=O) groups excluding carboxylic acids is 11. The molecule has 0 aromatic heterocycles. The maximum atomic E-state index is 15.1. The molecule has 0 radical (unpaired) electrons. The van der Waals surface area contributed by atoms with E-state index in [1.807, 2.05) is 0 Å². The van der Waals surface area contributed by atoms with Crippen LogP contribution in [0.5, 0.6) is 5.75 Å². The number of Topliss-reactive ketones (excluding diaryl/α,β-unsaturated/α-hetero) is 2. The molecule has 2 bridgehead atoms. The van der Waals surface area contributed by atoms with E-state index in [-0.39, 0.29) is 54.3 Å². The number of thioether (sulfide) groups is 1. The second kappa shape index (κ2) is 28.4. The van der Waals surface area contributed by atoms with Crippen LogP contribution in [0, 0.1) is 23.7 Å². The number of aliphatic hydroxyl groups excluding tert-OH is 3. The summed E-state index contributed by atoms with van der Waals surface area (Å²) in [4.78, 5) is 154. The number of hydrogen-bond donors (Lipinski definition) is 9. The van der Waals surface area contributed by atoms with Gasteiger partial charge in [-0.3, -0.25) is 61.8 Å². The molecule has 10 N–H and O–H groups in total. The number of likely N-dealkylation sites (tertiary alicyclic amines) is 1. The normalized spacial score (nSPS) is 28.2. The van der Waals surface area contributed by atoms with Crippen molar-refractivity contribution in [3.63, 3.8) is 0 Å². The third-order valence-electron chi connectivity index (χ3n) is 15.4. The fourth-order valence-electron chi connectivity index (χ4n) is 10.6. The van der Waals surface area contributed by atoms with Gasteiger partial charge in [-0.25, -0.2) is 0 Å². The van der Waals surface area contributed by atoms with Gasteiger partial charge in [0, 0.05) is 68.4 Å². The second-order valence-electron chi connectivity index (χ2n) is 21.1. The Hall–Kier alpha value is -6.09. The van der Waals surface area contributed by atoms with Crippen molar-refractivity contribution >= 4 is 92.9 Å². The summed E-state index contributed by atoms with van der Waals surface area (Å²) in [5.74, 6) is -13.3. The van der Waals surface area contributed by atoms with Crippen LogP contribution in [0.1, 0.15) is 103 Å². The standard InChI is InChI=1S/C53H74N8O16S2/c1-5-27(2)47-51(73)56-22-44(68)57-36-26-79(76)42-18-29-14-33(77-13-9-7-6-8-12-60-46(70)21-41(78-4)53(60)75)10-11-34(29)35(42)15-30(49(71)55-23-45(69)58-47)16-39(65)48(28(3)40(66)25-62)59-50(72)37-20-32(63)24-61(37)52(74)31(17-38(36)64)19-43(54)67/h10-11,14,27-28,30-32,36-37,40-41,47-48,62-63,66H,5-9,12-13,15-26H2,1-4H3,(H2,54,67)(H,55,71)(H,56,73)(H,57,68)(H,58,69)(H,59,72). The number of nitrogens with one attached hydrogen (secondary N) is 5. The summed E-state index contributed by atoms with van der Waals surface area (Å²) in [6.45, 7) is 2.68. The molecular formula is C53H74N8O16S2. The zero-order chi connectivity index (χ0) is 57.8. The molecule has 4 aliphatic heterocycles. The van der Waals surface area contributed by atoms with Gasteiger partial charge in [0.25, 0.3) is 0 Å². The minimum Gasteiger partial charge on any atom is -0.494 e. The second-order valence-corrected chi connectivity index (χ2v) is 23.6. The number of amides is 9. The van der Waals surface area contributed by atoms with Crippen LogP contribution in [0.2, 0.25) is 0 Å². The van der Waals surface area contributed by atoms with Crippen LogP contribution >= 0.6 is 11.8 Å². The number of hydrogen-bond acceptors (Lipinski definition) is 17. The molecule has 4 heterocycles. The first kappa shape index (κ1) is 62.1. The lowest BCUT2D eigenvalue weighted by Crippen LogP contribution is -2.56. The highest BCUT2D eigenvalue weighted by Gasteiger charge is 2.46. The molecule has 1 aromatic rings. The van der Waals surface area contributed by atoms with Gasteiger partial charge in [-0.15, -0.1) is 0 Å². The largest absolute Gasteiger partial charge is 0.494 e. The van der Waals surface area contributed by atoms with Crippen LogP contribution < -0.4 is 37.1 Å². The topological polar surface area (TPSA) is 367 Å². The predicted octanol–water partition coefficient (Wildman–Crippen LogP) is -1.74. The molecule has 5 aliphatic rings. The fourth-order valence-corrected chi connectivity index (χ4v) is 12.8. The highest BCUT2D eigenvalue weighted by atomic mass is 32.2. The van der Waals surface area contributed by atoms with Crippen molar-refractivity contribution in [2.75, 3.05) is 51.4 Å². The third-order valence-corrected chi connectivity index (χ3v) is 18.0. The van der Waals surface area contributed by atoms with Crippen LogP contribution in [0.4, 0.5) is 0 Å². The minimum absolute atomic E-state index is 0.0493. The molecule has 79 heavy (non-hydrogen) atoms. The van der Waals surface area contributed by atoms with Crippen molar-refractivity contribution in [2.45, 2.75) is 139 Å². The van der Waals surface area contributed by atoms with Crippen LogP contribution in [0.15, 0.2) is 23.1 Å². The first-order chi connectivity index (χ1) is 37.5. The molecule has 434 valence electrons. The van der Waals surface area contributed by atoms with E-state index in [4.69, 9.17) is 10.5 Å². The van der Waals surface area contributed by atoms with Crippen molar-refractivity contribution in [1.29, 1.82) is 0 Å². The van der Waals surface area contributed by atoms with E-state index in [0.717, 1.165) is 17.7 Å². The number of ketones is 2. The molecule has 9 amide bonds. The predicted molar refractivity (Wildman–Crippen MR) is 287 cm³/mol. The lowest BCUT2D eigenvalue weighted by Gasteiger charge is -2.32. The van der Waals surface area contributed by atoms with Gasteiger partial charge >= 0.3 is 0 Å². The van der Waals surface area contributed by atoms with Gasteiger partial charge in [0.2, 0.25) is 53.2 Å². The molecule has 0 spiro atoms. The Kier molecular flexibility index (Phi) is 22.3.